The van der Waals surface area contributed by atoms with Crippen LogP contribution in [0.15, 0.2) is 55.0 Å². The molecule has 0 fully saturated rings. The molecule has 0 aliphatic heterocycles. The third kappa shape index (κ3) is 5.69. The zero-order valence-electron chi connectivity index (χ0n) is 17.7. The molecule has 3 rings (SSSR count). The molecule has 3 aromatic rings. The number of nitrogens with one attached hydrogen (secondary N) is 1. The van der Waals surface area contributed by atoms with Crippen LogP contribution in [-0.4, -0.2) is 30.0 Å². The van der Waals surface area contributed by atoms with E-state index in [1.54, 1.807) is 12.1 Å². The average molecular weight is 482 g/mol. The van der Waals surface area contributed by atoms with Gasteiger partial charge in [0.25, 0.3) is 5.91 Å². The molecule has 0 saturated carbocycles. The maximum atomic E-state index is 13.4. The molecule has 0 unspecified atom stereocenters. The molecule has 0 saturated heterocycles. The fourth-order valence-corrected chi connectivity index (χ4v) is 3.05. The Morgan fingerprint density at radius 2 is 1.82 bits per heavy atom. The number of nitrogens with zero attached hydrogens (tertiary/aromatic N) is 4. The summed E-state index contributed by atoms with van der Waals surface area (Å²) in [6.07, 6.45) is -0.255. The fourth-order valence-electron chi connectivity index (χ4n) is 2.89. The number of aryl methyl sites for hydroxylation is 1. The SMILES string of the molecule is COON(Nc1cc(Cl)cnc1C(=O)N(C)c1ccncc1)c1ccc(C)c(C(F)(F)F)c1. The number of hydrogen-bond acceptors (Lipinski definition) is 7. The van der Waals surface area contributed by atoms with Crippen molar-refractivity contribution >= 4 is 34.6 Å². The van der Waals surface area contributed by atoms with Gasteiger partial charge in [-0.2, -0.15) is 13.2 Å². The van der Waals surface area contributed by atoms with Crippen LogP contribution in [0.25, 0.3) is 0 Å². The summed E-state index contributed by atoms with van der Waals surface area (Å²) in [5.74, 6) is -0.516. The van der Waals surface area contributed by atoms with Crippen molar-refractivity contribution in [1.82, 2.24) is 9.97 Å². The number of amides is 1. The van der Waals surface area contributed by atoms with Gasteiger partial charge in [0.1, 0.15) is 0 Å². The Labute approximate surface area is 192 Å². The summed E-state index contributed by atoms with van der Waals surface area (Å²) < 4.78 is 40.2. The molecule has 2 heterocycles. The molecule has 174 valence electrons. The number of rotatable bonds is 7. The lowest BCUT2D eigenvalue weighted by molar-refractivity contribution is -0.279. The Morgan fingerprint density at radius 1 is 1.12 bits per heavy atom. The largest absolute Gasteiger partial charge is 0.416 e. The van der Waals surface area contributed by atoms with E-state index in [9.17, 15) is 18.0 Å². The third-order valence-corrected chi connectivity index (χ3v) is 4.75. The summed E-state index contributed by atoms with van der Waals surface area (Å²) in [7, 11) is 2.71. The topological polar surface area (TPSA) is 79.8 Å². The second-order valence-corrected chi connectivity index (χ2v) is 7.20. The van der Waals surface area contributed by atoms with Crippen LogP contribution in [0.4, 0.5) is 30.2 Å². The standard InChI is InChI=1S/C21H19ClF3N5O3/c1-13-4-5-16(11-17(13)21(23,24)25)30(33-32-3)28-18-10-14(22)12-27-19(18)20(31)29(2)15-6-8-26-9-7-15/h4-12,28H,1-3H3. The number of carbonyl (C=O) groups is 1. The highest BCUT2D eigenvalue weighted by Crippen LogP contribution is 2.35. The van der Waals surface area contributed by atoms with Crippen molar-refractivity contribution < 1.29 is 27.8 Å². The number of halogens is 4. The Bertz CT molecular complexity index is 1130. The lowest BCUT2D eigenvalue weighted by Crippen LogP contribution is -2.33. The van der Waals surface area contributed by atoms with Crippen molar-refractivity contribution in [2.24, 2.45) is 0 Å². The number of benzene rings is 1. The number of hydrogen-bond donors (Lipinski definition) is 1. The van der Waals surface area contributed by atoms with Crippen LogP contribution in [0.1, 0.15) is 21.6 Å². The van der Waals surface area contributed by atoms with E-state index in [1.807, 2.05) is 0 Å². The van der Waals surface area contributed by atoms with Gasteiger partial charge in [0, 0.05) is 31.3 Å². The zero-order valence-corrected chi connectivity index (χ0v) is 18.5. The molecule has 12 heteroatoms. The Balaban J connectivity index is 1.98. The van der Waals surface area contributed by atoms with Gasteiger partial charge in [-0.1, -0.05) is 22.7 Å². The van der Waals surface area contributed by atoms with Crippen LogP contribution in [0, 0.1) is 6.92 Å². The van der Waals surface area contributed by atoms with Crippen molar-refractivity contribution in [3.63, 3.8) is 0 Å². The van der Waals surface area contributed by atoms with Crippen molar-refractivity contribution in [1.29, 1.82) is 0 Å². The van der Waals surface area contributed by atoms with Crippen LogP contribution >= 0.6 is 11.6 Å². The molecule has 33 heavy (non-hydrogen) atoms. The average Bonchev–Trinajstić information content (AvgIpc) is 2.78. The second-order valence-electron chi connectivity index (χ2n) is 6.76. The van der Waals surface area contributed by atoms with Gasteiger partial charge < -0.3 is 4.90 Å². The Hall–Kier alpha value is -3.41. The van der Waals surface area contributed by atoms with Gasteiger partial charge in [-0.05, 0) is 42.8 Å². The zero-order chi connectivity index (χ0) is 24.2. The third-order valence-electron chi connectivity index (χ3n) is 4.54. The predicted octanol–water partition coefficient (Wildman–Crippen LogP) is 5.06. The normalized spacial score (nSPS) is 11.2. The maximum absolute atomic E-state index is 13.4. The van der Waals surface area contributed by atoms with E-state index >= 15 is 0 Å². The molecule has 0 aliphatic rings. The van der Waals surface area contributed by atoms with Gasteiger partial charge in [-0.15, -0.1) is 5.17 Å². The summed E-state index contributed by atoms with van der Waals surface area (Å²) in [5, 5.41) is 1.00. The molecule has 1 N–H and O–H groups in total. The smallest absolute Gasteiger partial charge is 0.310 e. The van der Waals surface area contributed by atoms with Crippen LogP contribution < -0.4 is 15.5 Å². The Morgan fingerprint density at radius 3 is 2.45 bits per heavy atom. The van der Waals surface area contributed by atoms with Crippen LogP contribution in [0.2, 0.25) is 5.02 Å². The highest BCUT2D eigenvalue weighted by atomic mass is 35.5. The molecular formula is C21H19ClF3N5O3. The van der Waals surface area contributed by atoms with Gasteiger partial charge in [0.15, 0.2) is 5.69 Å². The molecule has 0 bridgehead atoms. The summed E-state index contributed by atoms with van der Waals surface area (Å²) in [5.41, 5.74) is 2.39. The number of hydrazine groups is 1. The maximum Gasteiger partial charge on any atom is 0.416 e. The van der Waals surface area contributed by atoms with E-state index in [4.69, 9.17) is 16.6 Å². The quantitative estimate of drug-likeness (QED) is 0.373. The first-order valence-electron chi connectivity index (χ1n) is 9.41. The van der Waals surface area contributed by atoms with E-state index in [0.29, 0.717) is 5.69 Å². The number of alkyl halides is 3. The number of carbonyl (C=O) groups excluding carboxylic acids is 1. The van der Waals surface area contributed by atoms with E-state index in [0.717, 1.165) is 11.2 Å². The molecule has 8 nitrogen and oxygen atoms in total. The number of pyridine rings is 2. The number of aromatic nitrogens is 2. The minimum absolute atomic E-state index is 0.0304. The molecular weight excluding hydrogens is 463 g/mol. The number of anilines is 3. The fraction of sp³-hybridized carbons (Fsp3) is 0.190. The van der Waals surface area contributed by atoms with E-state index in [-0.39, 0.29) is 27.7 Å². The van der Waals surface area contributed by atoms with Gasteiger partial charge in [-0.25, -0.2) is 9.87 Å². The van der Waals surface area contributed by atoms with Crippen LogP contribution in [-0.2, 0) is 16.1 Å². The lowest BCUT2D eigenvalue weighted by atomic mass is 10.1. The summed E-state index contributed by atoms with van der Waals surface area (Å²) in [6, 6.07) is 8.19. The molecule has 0 radical (unpaired) electrons. The molecule has 2 aromatic heterocycles. The van der Waals surface area contributed by atoms with E-state index in [1.165, 1.54) is 62.8 Å². The van der Waals surface area contributed by atoms with Gasteiger partial charge in [-0.3, -0.25) is 15.2 Å². The Kier molecular flexibility index (Phi) is 7.36. The molecule has 1 amide bonds. The summed E-state index contributed by atoms with van der Waals surface area (Å²) in [6.45, 7) is 1.34. The van der Waals surface area contributed by atoms with Crippen molar-refractivity contribution in [3.05, 3.63) is 76.8 Å². The first-order valence-corrected chi connectivity index (χ1v) is 9.78. The van der Waals surface area contributed by atoms with E-state index < -0.39 is 17.6 Å². The van der Waals surface area contributed by atoms with Crippen LogP contribution in [0.5, 0.6) is 0 Å². The minimum atomic E-state index is -4.58. The van der Waals surface area contributed by atoms with E-state index in [2.05, 4.69) is 20.3 Å². The second kappa shape index (κ2) is 10.0. The highest BCUT2D eigenvalue weighted by Gasteiger charge is 2.33. The highest BCUT2D eigenvalue weighted by molar-refractivity contribution is 6.31. The predicted molar refractivity (Wildman–Crippen MR) is 117 cm³/mol. The van der Waals surface area contributed by atoms with Crippen molar-refractivity contribution in [3.8, 4) is 0 Å². The first-order chi connectivity index (χ1) is 15.6. The molecule has 0 atom stereocenters. The monoisotopic (exact) mass is 481 g/mol. The lowest BCUT2D eigenvalue weighted by Gasteiger charge is -2.25. The molecule has 0 aliphatic carbocycles. The first kappa shape index (κ1) is 24.2. The van der Waals surface area contributed by atoms with Gasteiger partial charge in [0.05, 0.1) is 29.1 Å². The van der Waals surface area contributed by atoms with Crippen LogP contribution in [0.3, 0.4) is 0 Å². The molecule has 1 aromatic carbocycles. The summed E-state index contributed by atoms with van der Waals surface area (Å²) >= 11 is 6.06. The van der Waals surface area contributed by atoms with Crippen molar-refractivity contribution in [2.45, 2.75) is 13.1 Å². The van der Waals surface area contributed by atoms with Crippen molar-refractivity contribution in [2.75, 3.05) is 29.7 Å². The summed E-state index contributed by atoms with van der Waals surface area (Å²) in [4.78, 5) is 32.1. The van der Waals surface area contributed by atoms with Gasteiger partial charge >= 0.3 is 6.18 Å². The van der Waals surface area contributed by atoms with Gasteiger partial charge in [0.2, 0.25) is 0 Å². The molecule has 0 spiro atoms. The minimum Gasteiger partial charge on any atom is -0.310 e.